The van der Waals surface area contributed by atoms with E-state index in [-0.39, 0.29) is 5.97 Å². The Hall–Kier alpha value is -0.530. The van der Waals surface area contributed by atoms with Crippen molar-refractivity contribution in [2.45, 2.75) is 188 Å². The van der Waals surface area contributed by atoms with Gasteiger partial charge in [0.25, 0.3) is 0 Å². The zero-order valence-electron chi connectivity index (χ0n) is 24.0. The van der Waals surface area contributed by atoms with Gasteiger partial charge in [-0.05, 0) is 25.2 Å². The number of ether oxygens (including phenoxy) is 1. The lowest BCUT2D eigenvalue weighted by molar-refractivity contribution is -0.145. The molecule has 2 nitrogen and oxygen atoms in total. The predicted molar refractivity (Wildman–Crippen MR) is 152 cm³/mol. The monoisotopic (exact) mass is 480 g/mol. The third kappa shape index (κ3) is 26.1. The van der Waals surface area contributed by atoms with Crippen LogP contribution in [0.25, 0.3) is 0 Å². The van der Waals surface area contributed by atoms with Crippen LogP contribution in [0, 0.1) is 5.92 Å². The molecular weight excluding hydrogens is 416 g/mol. The number of rotatable bonds is 28. The summed E-state index contributed by atoms with van der Waals surface area (Å²) in [5.74, 6) is 0.606. The van der Waals surface area contributed by atoms with Crippen LogP contribution in [0.1, 0.15) is 188 Å². The van der Waals surface area contributed by atoms with Crippen LogP contribution in [0.15, 0.2) is 0 Å². The molecule has 0 aromatic heterocycles. The number of carbonyl (C=O) groups is 1. The second-order valence-corrected chi connectivity index (χ2v) is 10.9. The van der Waals surface area contributed by atoms with Gasteiger partial charge in [-0.1, -0.05) is 162 Å². The molecule has 0 saturated heterocycles. The summed E-state index contributed by atoms with van der Waals surface area (Å²) in [5.41, 5.74) is 0. The van der Waals surface area contributed by atoms with Gasteiger partial charge in [0.05, 0.1) is 6.61 Å². The molecule has 1 unspecified atom stereocenters. The van der Waals surface area contributed by atoms with E-state index in [2.05, 4.69) is 20.8 Å². The van der Waals surface area contributed by atoms with Crippen LogP contribution in [0.4, 0.5) is 0 Å². The van der Waals surface area contributed by atoms with Gasteiger partial charge in [-0.3, -0.25) is 4.79 Å². The lowest BCUT2D eigenvalue weighted by Gasteiger charge is -2.16. The molecule has 0 aliphatic carbocycles. The number of esters is 1. The van der Waals surface area contributed by atoms with Gasteiger partial charge in [0, 0.05) is 6.42 Å². The van der Waals surface area contributed by atoms with Crippen molar-refractivity contribution in [1.29, 1.82) is 0 Å². The fourth-order valence-electron chi connectivity index (χ4n) is 5.03. The van der Waals surface area contributed by atoms with Crippen LogP contribution in [-0.4, -0.2) is 12.6 Å². The Morgan fingerprint density at radius 3 is 1.26 bits per heavy atom. The van der Waals surface area contributed by atoms with E-state index in [0.717, 1.165) is 6.42 Å². The first-order chi connectivity index (χ1) is 16.7. The van der Waals surface area contributed by atoms with Crippen molar-refractivity contribution in [1.82, 2.24) is 0 Å². The van der Waals surface area contributed by atoms with E-state index < -0.39 is 0 Å². The third-order valence-electron chi connectivity index (χ3n) is 7.38. The van der Waals surface area contributed by atoms with E-state index in [9.17, 15) is 4.79 Å². The molecule has 2 heteroatoms. The summed E-state index contributed by atoms with van der Waals surface area (Å²) in [6, 6.07) is 0. The van der Waals surface area contributed by atoms with Crippen LogP contribution in [0.5, 0.6) is 0 Å². The molecule has 0 aromatic rings. The van der Waals surface area contributed by atoms with Crippen LogP contribution in [0.3, 0.4) is 0 Å². The summed E-state index contributed by atoms with van der Waals surface area (Å²) < 4.78 is 5.59. The second kappa shape index (κ2) is 28.7. The maximum Gasteiger partial charge on any atom is 0.305 e. The Morgan fingerprint density at radius 2 is 0.853 bits per heavy atom. The van der Waals surface area contributed by atoms with Crippen molar-refractivity contribution in [3.05, 3.63) is 0 Å². The molecule has 0 saturated carbocycles. The van der Waals surface area contributed by atoms with Crippen LogP contribution in [-0.2, 0) is 9.53 Å². The van der Waals surface area contributed by atoms with Gasteiger partial charge in [0.1, 0.15) is 0 Å². The molecule has 0 heterocycles. The van der Waals surface area contributed by atoms with Crippen molar-refractivity contribution in [3.63, 3.8) is 0 Å². The smallest absolute Gasteiger partial charge is 0.305 e. The summed E-state index contributed by atoms with van der Waals surface area (Å²) in [5, 5.41) is 0. The van der Waals surface area contributed by atoms with Gasteiger partial charge in [0.15, 0.2) is 0 Å². The quantitative estimate of drug-likeness (QED) is 0.0821. The molecule has 0 rings (SSSR count). The molecule has 0 radical (unpaired) electrons. The highest BCUT2D eigenvalue weighted by Crippen LogP contribution is 2.17. The Kier molecular flexibility index (Phi) is 28.3. The number of hydrogen-bond donors (Lipinski definition) is 0. The Morgan fingerprint density at radius 1 is 0.471 bits per heavy atom. The van der Waals surface area contributed by atoms with Crippen molar-refractivity contribution < 1.29 is 9.53 Å². The predicted octanol–water partition coefficient (Wildman–Crippen LogP) is 11.3. The second-order valence-electron chi connectivity index (χ2n) is 10.9. The molecule has 34 heavy (non-hydrogen) atoms. The molecular formula is C32H64O2. The molecule has 0 aliphatic heterocycles. The highest BCUT2D eigenvalue weighted by molar-refractivity contribution is 5.69. The Labute approximate surface area is 215 Å². The minimum absolute atomic E-state index is 0.0311. The normalized spacial score (nSPS) is 12.2. The third-order valence-corrected chi connectivity index (χ3v) is 7.38. The van der Waals surface area contributed by atoms with Gasteiger partial charge in [-0.25, -0.2) is 0 Å². The Balaban J connectivity index is 3.31. The fourth-order valence-corrected chi connectivity index (χ4v) is 5.03. The SMILES string of the molecule is CCCCCCCCCCCCCCCCCCCCCC(=O)OCC(CCC)CCCCC. The van der Waals surface area contributed by atoms with Gasteiger partial charge >= 0.3 is 5.97 Å². The molecule has 0 spiro atoms. The zero-order valence-corrected chi connectivity index (χ0v) is 24.0. The number of carbonyl (C=O) groups excluding carboxylic acids is 1. The maximum atomic E-state index is 12.0. The summed E-state index contributed by atoms with van der Waals surface area (Å²) in [7, 11) is 0. The summed E-state index contributed by atoms with van der Waals surface area (Å²) in [4.78, 5) is 12.0. The van der Waals surface area contributed by atoms with E-state index in [4.69, 9.17) is 4.74 Å². The molecule has 0 amide bonds. The molecule has 0 aromatic carbocycles. The first-order valence-electron chi connectivity index (χ1n) is 15.9. The van der Waals surface area contributed by atoms with Crippen LogP contribution in [0.2, 0.25) is 0 Å². The van der Waals surface area contributed by atoms with Crippen LogP contribution < -0.4 is 0 Å². The van der Waals surface area contributed by atoms with Gasteiger partial charge in [0.2, 0.25) is 0 Å². The highest BCUT2D eigenvalue weighted by Gasteiger charge is 2.11. The lowest BCUT2D eigenvalue weighted by atomic mass is 9.97. The maximum absolute atomic E-state index is 12.0. The van der Waals surface area contributed by atoms with Gasteiger partial charge in [-0.2, -0.15) is 0 Å². The van der Waals surface area contributed by atoms with Crippen LogP contribution >= 0.6 is 0 Å². The number of unbranched alkanes of at least 4 members (excludes halogenated alkanes) is 20. The standard InChI is InChI=1S/C32H64O2/c1-4-7-9-10-11-12-13-14-15-16-17-18-19-20-21-22-23-24-26-29-32(33)34-30-31(27-6-3)28-25-8-5-2/h31H,4-30H2,1-3H3. The minimum atomic E-state index is 0.0311. The van der Waals surface area contributed by atoms with Crippen molar-refractivity contribution in [3.8, 4) is 0 Å². The van der Waals surface area contributed by atoms with Gasteiger partial charge < -0.3 is 4.74 Å². The van der Waals surface area contributed by atoms with Crippen molar-refractivity contribution in [2.75, 3.05) is 6.61 Å². The average molecular weight is 481 g/mol. The lowest BCUT2D eigenvalue weighted by Crippen LogP contribution is -2.14. The first kappa shape index (κ1) is 33.5. The van der Waals surface area contributed by atoms with E-state index in [1.165, 1.54) is 154 Å². The van der Waals surface area contributed by atoms with Crippen molar-refractivity contribution in [2.24, 2.45) is 5.92 Å². The molecule has 0 bridgehead atoms. The summed E-state index contributed by atoms with van der Waals surface area (Å²) in [6.45, 7) is 7.42. The highest BCUT2D eigenvalue weighted by atomic mass is 16.5. The average Bonchev–Trinajstić information content (AvgIpc) is 2.84. The largest absolute Gasteiger partial charge is 0.465 e. The number of hydrogen-bond acceptors (Lipinski definition) is 2. The van der Waals surface area contributed by atoms with Gasteiger partial charge in [-0.15, -0.1) is 0 Å². The molecule has 204 valence electrons. The molecule has 0 N–H and O–H groups in total. The van der Waals surface area contributed by atoms with E-state index in [0.29, 0.717) is 18.9 Å². The van der Waals surface area contributed by atoms with E-state index in [1.54, 1.807) is 0 Å². The Bertz CT molecular complexity index is 392. The first-order valence-corrected chi connectivity index (χ1v) is 15.9. The fraction of sp³-hybridized carbons (Fsp3) is 0.969. The zero-order chi connectivity index (χ0) is 25.0. The summed E-state index contributed by atoms with van der Waals surface area (Å²) >= 11 is 0. The molecule has 0 aliphatic rings. The molecule has 0 fully saturated rings. The topological polar surface area (TPSA) is 26.3 Å². The van der Waals surface area contributed by atoms with E-state index in [1.807, 2.05) is 0 Å². The molecule has 1 atom stereocenters. The van der Waals surface area contributed by atoms with Crippen molar-refractivity contribution >= 4 is 5.97 Å². The van der Waals surface area contributed by atoms with E-state index >= 15 is 0 Å². The minimum Gasteiger partial charge on any atom is -0.465 e. The summed E-state index contributed by atoms with van der Waals surface area (Å²) in [6.07, 6.45) is 34.4.